The monoisotopic (exact) mass is 410 g/mol. The summed E-state index contributed by atoms with van der Waals surface area (Å²) < 4.78 is 5.19. The Labute approximate surface area is 181 Å². The van der Waals surface area contributed by atoms with Crippen LogP contribution in [0.3, 0.4) is 0 Å². The number of ether oxygens (including phenoxy) is 1. The zero-order valence-corrected chi connectivity index (χ0v) is 17.3. The Hall–Kier alpha value is -4.19. The van der Waals surface area contributed by atoms with E-state index in [0.29, 0.717) is 22.9 Å². The Balaban J connectivity index is 1.45. The SMILES string of the molecule is COc1cccc(NC(=O)c2cccc(Nc3ncc(-c4ccc(C)cc4)cn3)c2)c1. The van der Waals surface area contributed by atoms with Crippen molar-refractivity contribution in [3.63, 3.8) is 0 Å². The van der Waals surface area contributed by atoms with Gasteiger partial charge in [-0.2, -0.15) is 0 Å². The van der Waals surface area contributed by atoms with Crippen molar-refractivity contribution in [2.75, 3.05) is 17.7 Å². The van der Waals surface area contributed by atoms with E-state index in [1.807, 2.05) is 42.5 Å². The molecule has 31 heavy (non-hydrogen) atoms. The number of carbonyl (C=O) groups is 1. The van der Waals surface area contributed by atoms with Crippen LogP contribution in [0.25, 0.3) is 11.1 Å². The molecule has 0 fully saturated rings. The number of rotatable bonds is 6. The van der Waals surface area contributed by atoms with Gasteiger partial charge in [-0.1, -0.05) is 42.0 Å². The third kappa shape index (κ3) is 5.05. The lowest BCUT2D eigenvalue weighted by molar-refractivity contribution is 0.102. The maximum atomic E-state index is 12.6. The van der Waals surface area contributed by atoms with E-state index in [-0.39, 0.29) is 5.91 Å². The van der Waals surface area contributed by atoms with E-state index in [1.54, 1.807) is 37.7 Å². The highest BCUT2D eigenvalue weighted by Gasteiger charge is 2.08. The van der Waals surface area contributed by atoms with Crippen LogP contribution in [0.2, 0.25) is 0 Å². The van der Waals surface area contributed by atoms with Crippen LogP contribution in [0.5, 0.6) is 5.75 Å². The first-order chi connectivity index (χ1) is 15.1. The summed E-state index contributed by atoms with van der Waals surface area (Å²) in [6, 6.07) is 22.6. The molecule has 4 aromatic rings. The number of aryl methyl sites for hydroxylation is 1. The van der Waals surface area contributed by atoms with Gasteiger partial charge in [0.05, 0.1) is 7.11 Å². The third-order valence-corrected chi connectivity index (χ3v) is 4.75. The van der Waals surface area contributed by atoms with Crippen LogP contribution >= 0.6 is 0 Å². The topological polar surface area (TPSA) is 76.1 Å². The fourth-order valence-corrected chi connectivity index (χ4v) is 3.06. The van der Waals surface area contributed by atoms with Crippen LogP contribution in [-0.2, 0) is 0 Å². The fourth-order valence-electron chi connectivity index (χ4n) is 3.06. The average Bonchev–Trinajstić information content (AvgIpc) is 2.80. The second kappa shape index (κ2) is 9.09. The highest BCUT2D eigenvalue weighted by molar-refractivity contribution is 6.04. The zero-order chi connectivity index (χ0) is 21.6. The molecule has 0 unspecified atom stereocenters. The molecule has 0 bridgehead atoms. The number of carbonyl (C=O) groups excluding carboxylic acids is 1. The largest absolute Gasteiger partial charge is 0.497 e. The van der Waals surface area contributed by atoms with E-state index >= 15 is 0 Å². The summed E-state index contributed by atoms with van der Waals surface area (Å²) in [5.41, 5.74) is 5.12. The molecule has 3 aromatic carbocycles. The Morgan fingerprint density at radius 2 is 1.55 bits per heavy atom. The first kappa shape index (κ1) is 20.1. The molecule has 1 aromatic heterocycles. The van der Waals surface area contributed by atoms with Gasteiger partial charge in [-0.25, -0.2) is 9.97 Å². The summed E-state index contributed by atoms with van der Waals surface area (Å²) in [6.07, 6.45) is 3.55. The maximum absolute atomic E-state index is 12.6. The second-order valence-electron chi connectivity index (χ2n) is 7.05. The van der Waals surface area contributed by atoms with Crippen molar-refractivity contribution in [2.24, 2.45) is 0 Å². The summed E-state index contributed by atoms with van der Waals surface area (Å²) in [6.45, 7) is 2.05. The fraction of sp³-hybridized carbons (Fsp3) is 0.0800. The molecule has 4 rings (SSSR count). The lowest BCUT2D eigenvalue weighted by atomic mass is 10.1. The smallest absolute Gasteiger partial charge is 0.255 e. The molecule has 0 atom stereocenters. The van der Waals surface area contributed by atoms with Gasteiger partial charge in [0.1, 0.15) is 5.75 Å². The Morgan fingerprint density at radius 3 is 2.29 bits per heavy atom. The van der Waals surface area contributed by atoms with Crippen molar-refractivity contribution < 1.29 is 9.53 Å². The molecule has 0 saturated carbocycles. The minimum Gasteiger partial charge on any atom is -0.497 e. The van der Waals surface area contributed by atoms with E-state index in [0.717, 1.165) is 16.8 Å². The average molecular weight is 410 g/mol. The highest BCUT2D eigenvalue weighted by atomic mass is 16.5. The van der Waals surface area contributed by atoms with E-state index in [2.05, 4.69) is 39.7 Å². The van der Waals surface area contributed by atoms with Crippen molar-refractivity contribution in [3.05, 3.63) is 96.3 Å². The molecule has 0 spiro atoms. The van der Waals surface area contributed by atoms with Gasteiger partial charge < -0.3 is 15.4 Å². The standard InChI is InChI=1S/C25H22N4O2/c1-17-9-11-18(12-10-17)20-15-26-25(27-16-20)29-21-6-3-5-19(13-21)24(30)28-22-7-4-8-23(14-22)31-2/h3-16H,1-2H3,(H,28,30)(H,26,27,29). The summed E-state index contributed by atoms with van der Waals surface area (Å²) in [5.74, 6) is 0.924. The summed E-state index contributed by atoms with van der Waals surface area (Å²) in [7, 11) is 1.59. The number of methoxy groups -OCH3 is 1. The number of aromatic nitrogens is 2. The minimum absolute atomic E-state index is 0.215. The van der Waals surface area contributed by atoms with Gasteiger partial charge >= 0.3 is 0 Å². The van der Waals surface area contributed by atoms with Crippen molar-refractivity contribution >= 4 is 23.2 Å². The van der Waals surface area contributed by atoms with Crippen molar-refractivity contribution in [1.29, 1.82) is 0 Å². The normalized spacial score (nSPS) is 10.4. The highest BCUT2D eigenvalue weighted by Crippen LogP contribution is 2.21. The molecule has 0 radical (unpaired) electrons. The van der Waals surface area contributed by atoms with Gasteiger partial charge in [-0.05, 0) is 42.8 Å². The van der Waals surface area contributed by atoms with Gasteiger partial charge in [-0.15, -0.1) is 0 Å². The Bertz CT molecular complexity index is 1190. The van der Waals surface area contributed by atoms with Crippen molar-refractivity contribution in [2.45, 2.75) is 6.92 Å². The van der Waals surface area contributed by atoms with Gasteiger partial charge in [0, 0.05) is 41.0 Å². The maximum Gasteiger partial charge on any atom is 0.255 e. The van der Waals surface area contributed by atoms with E-state index in [4.69, 9.17) is 4.74 Å². The minimum atomic E-state index is -0.215. The number of nitrogens with one attached hydrogen (secondary N) is 2. The van der Waals surface area contributed by atoms with Crippen LogP contribution in [0.1, 0.15) is 15.9 Å². The van der Waals surface area contributed by atoms with Gasteiger partial charge in [0.15, 0.2) is 0 Å². The van der Waals surface area contributed by atoms with Gasteiger partial charge in [0.25, 0.3) is 5.91 Å². The molecule has 2 N–H and O–H groups in total. The molecule has 0 aliphatic carbocycles. The lowest BCUT2D eigenvalue weighted by Gasteiger charge is -2.09. The van der Waals surface area contributed by atoms with Crippen LogP contribution < -0.4 is 15.4 Å². The zero-order valence-electron chi connectivity index (χ0n) is 17.3. The number of hydrogen-bond donors (Lipinski definition) is 2. The van der Waals surface area contributed by atoms with Crippen LogP contribution in [0.15, 0.2) is 85.2 Å². The first-order valence-corrected chi connectivity index (χ1v) is 9.82. The molecule has 0 aliphatic rings. The predicted octanol–water partition coefficient (Wildman–Crippen LogP) is 5.46. The quantitative estimate of drug-likeness (QED) is 0.442. The third-order valence-electron chi connectivity index (χ3n) is 4.75. The van der Waals surface area contributed by atoms with Crippen LogP contribution in [0, 0.1) is 6.92 Å². The van der Waals surface area contributed by atoms with Gasteiger partial charge in [0.2, 0.25) is 5.95 Å². The van der Waals surface area contributed by atoms with Crippen LogP contribution in [-0.4, -0.2) is 23.0 Å². The van der Waals surface area contributed by atoms with Crippen molar-refractivity contribution in [1.82, 2.24) is 9.97 Å². The van der Waals surface area contributed by atoms with E-state index in [1.165, 1.54) is 5.56 Å². The summed E-state index contributed by atoms with van der Waals surface area (Å²) >= 11 is 0. The lowest BCUT2D eigenvalue weighted by Crippen LogP contribution is -2.12. The van der Waals surface area contributed by atoms with Crippen molar-refractivity contribution in [3.8, 4) is 16.9 Å². The molecular weight excluding hydrogens is 388 g/mol. The number of amides is 1. The number of benzene rings is 3. The second-order valence-corrected chi connectivity index (χ2v) is 7.05. The van der Waals surface area contributed by atoms with Crippen LogP contribution in [0.4, 0.5) is 17.3 Å². The van der Waals surface area contributed by atoms with E-state index in [9.17, 15) is 4.79 Å². The summed E-state index contributed by atoms with van der Waals surface area (Å²) in [4.78, 5) is 21.4. The number of hydrogen-bond acceptors (Lipinski definition) is 5. The molecule has 0 aliphatic heterocycles. The molecule has 1 heterocycles. The molecule has 6 nitrogen and oxygen atoms in total. The number of nitrogens with zero attached hydrogens (tertiary/aromatic N) is 2. The molecule has 1 amide bonds. The Kier molecular flexibility index (Phi) is 5.89. The van der Waals surface area contributed by atoms with E-state index < -0.39 is 0 Å². The summed E-state index contributed by atoms with van der Waals surface area (Å²) in [5, 5.41) is 6.02. The Morgan fingerprint density at radius 1 is 0.839 bits per heavy atom. The molecule has 6 heteroatoms. The molecule has 154 valence electrons. The van der Waals surface area contributed by atoms with Gasteiger partial charge in [-0.3, -0.25) is 4.79 Å². The molecular formula is C25H22N4O2. The predicted molar refractivity (Wildman–Crippen MR) is 123 cm³/mol. The molecule has 0 saturated heterocycles. The number of anilines is 3. The first-order valence-electron chi connectivity index (χ1n) is 9.82.